The first kappa shape index (κ1) is 13.5. The van der Waals surface area contributed by atoms with Crippen LogP contribution in [-0.2, 0) is 0 Å². The third-order valence-corrected chi connectivity index (χ3v) is 3.25. The highest BCUT2D eigenvalue weighted by molar-refractivity contribution is 5.78. The molecule has 0 spiro atoms. The lowest BCUT2D eigenvalue weighted by Gasteiger charge is -2.22. The number of nitrogens with one attached hydrogen (secondary N) is 1. The Morgan fingerprint density at radius 2 is 1.74 bits per heavy atom. The van der Waals surface area contributed by atoms with E-state index >= 15 is 0 Å². The van der Waals surface area contributed by atoms with Gasteiger partial charge < -0.3 is 0 Å². The van der Waals surface area contributed by atoms with Crippen molar-refractivity contribution < 1.29 is 0 Å². The molecular formula is C12H18N4O3. The van der Waals surface area contributed by atoms with Gasteiger partial charge in [-0.3, -0.25) is 4.98 Å². The predicted octanol–water partition coefficient (Wildman–Crippen LogP) is 0.447. The van der Waals surface area contributed by atoms with Crippen LogP contribution >= 0.6 is 0 Å². The molecular weight excluding hydrogens is 248 g/mol. The second-order valence-corrected chi connectivity index (χ2v) is 5.04. The van der Waals surface area contributed by atoms with Gasteiger partial charge in [0.2, 0.25) is 0 Å². The molecule has 1 aliphatic carbocycles. The topological polar surface area (TPSA) is 89.2 Å². The van der Waals surface area contributed by atoms with Crippen LogP contribution in [0.3, 0.4) is 0 Å². The van der Waals surface area contributed by atoms with E-state index in [1.54, 1.807) is 13.8 Å². The Balaban J connectivity index is 2.61. The number of rotatable bonds is 2. The SMILES string of the molecule is CC(C)=Nn1c(=O)[nH]c(=O)n(C2CCCCC2)c1=O. The van der Waals surface area contributed by atoms with Crippen LogP contribution in [0.1, 0.15) is 52.0 Å². The average molecular weight is 266 g/mol. The summed E-state index contributed by atoms with van der Waals surface area (Å²) in [5, 5.41) is 3.87. The molecule has 2 rings (SSSR count). The molecule has 104 valence electrons. The maximum absolute atomic E-state index is 12.2. The number of nitrogens with zero attached hydrogens (tertiary/aromatic N) is 3. The zero-order valence-corrected chi connectivity index (χ0v) is 11.2. The molecule has 0 saturated heterocycles. The van der Waals surface area contributed by atoms with Gasteiger partial charge in [-0.05, 0) is 26.7 Å². The van der Waals surface area contributed by atoms with Crippen molar-refractivity contribution in [2.45, 2.75) is 52.0 Å². The van der Waals surface area contributed by atoms with E-state index in [1.165, 1.54) is 0 Å². The summed E-state index contributed by atoms with van der Waals surface area (Å²) in [6.45, 7) is 3.36. The van der Waals surface area contributed by atoms with Gasteiger partial charge in [0.25, 0.3) is 0 Å². The summed E-state index contributed by atoms with van der Waals surface area (Å²) in [6, 6.07) is -0.135. The first-order valence-electron chi connectivity index (χ1n) is 6.51. The number of hydrogen-bond donors (Lipinski definition) is 1. The van der Waals surface area contributed by atoms with E-state index in [-0.39, 0.29) is 6.04 Å². The molecule has 1 aromatic rings. The van der Waals surface area contributed by atoms with Gasteiger partial charge in [-0.15, -0.1) is 4.68 Å². The quantitative estimate of drug-likeness (QED) is 0.788. The Hall–Kier alpha value is -1.92. The molecule has 1 heterocycles. The van der Waals surface area contributed by atoms with Crippen molar-refractivity contribution >= 4 is 5.71 Å². The van der Waals surface area contributed by atoms with Gasteiger partial charge in [-0.25, -0.2) is 19.0 Å². The molecule has 7 heteroatoms. The second-order valence-electron chi connectivity index (χ2n) is 5.04. The fourth-order valence-electron chi connectivity index (χ4n) is 2.43. The number of hydrogen-bond acceptors (Lipinski definition) is 4. The zero-order chi connectivity index (χ0) is 14.0. The van der Waals surface area contributed by atoms with Crippen LogP contribution in [0.25, 0.3) is 0 Å². The summed E-state index contributed by atoms with van der Waals surface area (Å²) < 4.78 is 1.86. The van der Waals surface area contributed by atoms with Crippen molar-refractivity contribution in [1.29, 1.82) is 0 Å². The van der Waals surface area contributed by atoms with Gasteiger partial charge in [0.1, 0.15) is 0 Å². The van der Waals surface area contributed by atoms with Crippen LogP contribution in [0.5, 0.6) is 0 Å². The number of H-pyrrole nitrogens is 1. The Labute approximate surface area is 109 Å². The molecule has 19 heavy (non-hydrogen) atoms. The lowest BCUT2D eigenvalue weighted by molar-refractivity contribution is 0.323. The molecule has 0 amide bonds. The molecule has 0 radical (unpaired) electrons. The molecule has 0 aromatic carbocycles. The fraction of sp³-hybridized carbons (Fsp3) is 0.667. The van der Waals surface area contributed by atoms with Crippen LogP contribution in [0.2, 0.25) is 0 Å². The second kappa shape index (κ2) is 5.38. The van der Waals surface area contributed by atoms with Gasteiger partial charge in [0, 0.05) is 11.8 Å². The van der Waals surface area contributed by atoms with E-state index in [1.807, 2.05) is 0 Å². The molecule has 7 nitrogen and oxygen atoms in total. The van der Waals surface area contributed by atoms with Crippen molar-refractivity contribution in [2.24, 2.45) is 5.10 Å². The molecule has 1 N–H and O–H groups in total. The molecule has 1 saturated carbocycles. The van der Waals surface area contributed by atoms with Crippen molar-refractivity contribution in [3.8, 4) is 0 Å². The predicted molar refractivity (Wildman–Crippen MR) is 71.9 cm³/mol. The van der Waals surface area contributed by atoms with Crippen LogP contribution in [0, 0.1) is 0 Å². The highest BCUT2D eigenvalue weighted by Gasteiger charge is 2.20. The summed E-state index contributed by atoms with van der Waals surface area (Å²) in [6.07, 6.45) is 4.68. The molecule has 1 fully saturated rings. The van der Waals surface area contributed by atoms with Crippen LogP contribution < -0.4 is 17.1 Å². The Kier molecular flexibility index (Phi) is 3.82. The summed E-state index contributed by atoms with van der Waals surface area (Å²) in [4.78, 5) is 37.9. The van der Waals surface area contributed by atoms with Gasteiger partial charge in [0.15, 0.2) is 0 Å². The van der Waals surface area contributed by atoms with Crippen molar-refractivity contribution in [3.63, 3.8) is 0 Å². The van der Waals surface area contributed by atoms with Gasteiger partial charge in [0.05, 0.1) is 0 Å². The molecule has 0 bridgehead atoms. The van der Waals surface area contributed by atoms with Crippen LogP contribution in [-0.4, -0.2) is 19.9 Å². The number of aromatic amines is 1. The maximum Gasteiger partial charge on any atom is 0.357 e. The summed E-state index contributed by atoms with van der Waals surface area (Å²) in [5.74, 6) is 0. The zero-order valence-electron chi connectivity index (χ0n) is 11.2. The summed E-state index contributed by atoms with van der Waals surface area (Å²) >= 11 is 0. The first-order valence-corrected chi connectivity index (χ1v) is 6.51. The molecule has 0 unspecified atom stereocenters. The first-order chi connectivity index (χ1) is 9.00. The lowest BCUT2D eigenvalue weighted by Crippen LogP contribution is -2.50. The maximum atomic E-state index is 12.2. The lowest BCUT2D eigenvalue weighted by atomic mass is 9.95. The van der Waals surface area contributed by atoms with E-state index in [0.717, 1.165) is 41.3 Å². The van der Waals surface area contributed by atoms with Crippen molar-refractivity contribution in [1.82, 2.24) is 14.2 Å². The highest BCUT2D eigenvalue weighted by atomic mass is 16.2. The third kappa shape index (κ3) is 2.74. The average Bonchev–Trinajstić information content (AvgIpc) is 2.35. The number of aromatic nitrogens is 3. The smallest absolute Gasteiger partial charge is 0.257 e. The van der Waals surface area contributed by atoms with Crippen molar-refractivity contribution in [3.05, 3.63) is 31.5 Å². The molecule has 0 atom stereocenters. The minimum absolute atomic E-state index is 0.135. The van der Waals surface area contributed by atoms with E-state index in [2.05, 4.69) is 10.1 Å². The minimum atomic E-state index is -0.789. The standard InChI is InChI=1S/C12H18N4O3/c1-8(2)14-16-11(18)13-10(17)15(12(16)19)9-6-4-3-5-7-9/h9H,3-7H2,1-2H3,(H,13,17,18). The highest BCUT2D eigenvalue weighted by Crippen LogP contribution is 2.25. The van der Waals surface area contributed by atoms with E-state index in [4.69, 9.17) is 0 Å². The Morgan fingerprint density at radius 1 is 1.11 bits per heavy atom. The van der Waals surface area contributed by atoms with Gasteiger partial charge in [-0.1, -0.05) is 19.3 Å². The summed E-state index contributed by atoms with van der Waals surface area (Å²) in [5.41, 5.74) is -1.51. The fourth-order valence-corrected chi connectivity index (χ4v) is 2.43. The van der Waals surface area contributed by atoms with E-state index in [9.17, 15) is 14.4 Å². The van der Waals surface area contributed by atoms with E-state index < -0.39 is 17.1 Å². The van der Waals surface area contributed by atoms with Crippen LogP contribution in [0.4, 0.5) is 0 Å². The normalized spacial score (nSPS) is 16.3. The van der Waals surface area contributed by atoms with Gasteiger partial charge >= 0.3 is 17.1 Å². The van der Waals surface area contributed by atoms with Gasteiger partial charge in [-0.2, -0.15) is 5.10 Å². The largest absolute Gasteiger partial charge is 0.357 e. The molecule has 1 aliphatic rings. The molecule has 1 aromatic heterocycles. The monoisotopic (exact) mass is 266 g/mol. The Bertz CT molecular complexity index is 655. The minimum Gasteiger partial charge on any atom is -0.257 e. The van der Waals surface area contributed by atoms with Crippen LogP contribution in [0.15, 0.2) is 19.5 Å². The third-order valence-electron chi connectivity index (χ3n) is 3.25. The Morgan fingerprint density at radius 3 is 2.32 bits per heavy atom. The van der Waals surface area contributed by atoms with Crippen molar-refractivity contribution in [2.75, 3.05) is 0 Å². The molecule has 0 aliphatic heterocycles. The summed E-state index contributed by atoms with van der Waals surface area (Å²) in [7, 11) is 0. The van der Waals surface area contributed by atoms with E-state index in [0.29, 0.717) is 5.71 Å².